The van der Waals surface area contributed by atoms with Crippen molar-refractivity contribution in [2.45, 2.75) is 38.5 Å². The van der Waals surface area contributed by atoms with Gasteiger partial charge in [-0.2, -0.15) is 39.5 Å². The minimum atomic E-state index is -5.14. The van der Waals surface area contributed by atoms with Crippen LogP contribution in [-0.2, 0) is 36.4 Å². The summed E-state index contributed by atoms with van der Waals surface area (Å²) in [5.74, 6) is 0. The highest BCUT2D eigenvalue weighted by Gasteiger charge is 2.37. The monoisotopic (exact) mass is 600 g/mol. The first-order valence-corrected chi connectivity index (χ1v) is 12.1. The summed E-state index contributed by atoms with van der Waals surface area (Å²) in [5.41, 5.74) is -2.86. The molecule has 4 aromatic rings. The quantitative estimate of drug-likeness (QED) is 0.215. The van der Waals surface area contributed by atoms with E-state index in [0.717, 1.165) is 29.7 Å². The molecule has 42 heavy (non-hydrogen) atoms. The number of carbonyl (C=O) groups excluding carboxylic acids is 1. The Morgan fingerprint density at radius 3 is 1.93 bits per heavy atom. The molecule has 0 bridgehead atoms. The van der Waals surface area contributed by atoms with E-state index in [0.29, 0.717) is 28.6 Å². The Morgan fingerprint density at radius 1 is 0.762 bits per heavy atom. The number of aromatic nitrogens is 1. The third-order valence-electron chi connectivity index (χ3n) is 6.51. The van der Waals surface area contributed by atoms with E-state index in [1.54, 1.807) is 31.2 Å². The first kappa shape index (κ1) is 30.7. The third kappa shape index (κ3) is 6.60. The van der Waals surface area contributed by atoms with Gasteiger partial charge in [-0.3, -0.25) is 9.88 Å². The van der Waals surface area contributed by atoms with Crippen LogP contribution in [0.2, 0.25) is 0 Å². The van der Waals surface area contributed by atoms with Crippen LogP contribution in [-0.4, -0.2) is 23.1 Å². The van der Waals surface area contributed by atoms with E-state index in [2.05, 4.69) is 4.98 Å². The van der Waals surface area contributed by atoms with Gasteiger partial charge in [0.25, 0.3) is 0 Å². The van der Waals surface area contributed by atoms with E-state index in [1.165, 1.54) is 12.3 Å². The number of halogens is 9. The van der Waals surface area contributed by atoms with Crippen molar-refractivity contribution >= 4 is 17.0 Å². The second-order valence-corrected chi connectivity index (χ2v) is 9.44. The van der Waals surface area contributed by atoms with Crippen molar-refractivity contribution in [2.24, 2.45) is 0 Å². The van der Waals surface area contributed by atoms with Crippen molar-refractivity contribution < 1.29 is 49.0 Å². The lowest BCUT2D eigenvalue weighted by Gasteiger charge is -2.25. The number of fused-ring (bicyclic) bond motifs is 1. The van der Waals surface area contributed by atoms with Gasteiger partial charge in [-0.1, -0.05) is 24.3 Å². The molecule has 0 N–H and O–H groups in total. The largest absolute Gasteiger partial charge is 0.453 e. The summed E-state index contributed by atoms with van der Waals surface area (Å²) in [6, 6.07) is 10.3. The SMILES string of the molecule is COC(=O)N(Cc1cc(C(F)(F)F)cc(C(F)(F)F)c1)Cc1cc(C(F)(F)F)ccc1-c1ccc(C)c2ncccc12. The van der Waals surface area contributed by atoms with Crippen molar-refractivity contribution in [1.82, 2.24) is 9.88 Å². The molecule has 0 unspecified atom stereocenters. The van der Waals surface area contributed by atoms with Crippen LogP contribution in [0, 0.1) is 6.92 Å². The number of benzene rings is 3. The lowest BCUT2D eigenvalue weighted by atomic mass is 9.93. The zero-order valence-electron chi connectivity index (χ0n) is 21.9. The van der Waals surface area contributed by atoms with Crippen LogP contribution in [0.25, 0.3) is 22.0 Å². The van der Waals surface area contributed by atoms with Gasteiger partial charge in [-0.25, -0.2) is 4.79 Å². The summed E-state index contributed by atoms with van der Waals surface area (Å²) in [4.78, 5) is 17.7. The van der Waals surface area contributed by atoms with E-state index in [9.17, 15) is 44.3 Å². The Balaban J connectivity index is 1.86. The zero-order valence-corrected chi connectivity index (χ0v) is 21.9. The highest BCUT2D eigenvalue weighted by atomic mass is 19.4. The fraction of sp³-hybridized carbons (Fsp3) is 0.241. The molecule has 3 aromatic carbocycles. The minimum absolute atomic E-state index is 0.0621. The number of alkyl halides is 9. The summed E-state index contributed by atoms with van der Waals surface area (Å²) in [6.45, 7) is 0.320. The Bertz CT molecular complexity index is 1590. The number of carbonyl (C=O) groups is 1. The van der Waals surface area contributed by atoms with Crippen molar-refractivity contribution in [3.8, 4) is 11.1 Å². The summed E-state index contributed by atoms with van der Waals surface area (Å²) < 4.78 is 126. The smallest absolute Gasteiger partial charge is 0.416 e. The molecule has 0 aliphatic rings. The molecule has 4 nitrogen and oxygen atoms in total. The van der Waals surface area contributed by atoms with E-state index in [1.807, 2.05) is 0 Å². The van der Waals surface area contributed by atoms with Crippen molar-refractivity contribution in [3.05, 3.63) is 100 Å². The molecule has 1 heterocycles. The average Bonchev–Trinajstić information content (AvgIpc) is 2.91. The standard InChI is InChI=1S/C29H21F9N2O2/c1-16-5-7-23(24-4-3-9-39-25(16)24)22-8-6-19(27(30,31)32)12-18(22)15-40(26(41)42-2)14-17-10-20(28(33,34)35)13-21(11-17)29(36,37)38/h3-13H,14-15H2,1-2H3. The summed E-state index contributed by atoms with van der Waals surface area (Å²) >= 11 is 0. The van der Waals surface area contributed by atoms with Crippen LogP contribution in [0.3, 0.4) is 0 Å². The Hall–Kier alpha value is -4.29. The average molecular weight is 600 g/mol. The van der Waals surface area contributed by atoms with Gasteiger partial charge in [0.15, 0.2) is 0 Å². The lowest BCUT2D eigenvalue weighted by molar-refractivity contribution is -0.143. The van der Waals surface area contributed by atoms with Crippen LogP contribution < -0.4 is 0 Å². The highest BCUT2D eigenvalue weighted by Crippen LogP contribution is 2.39. The van der Waals surface area contributed by atoms with Gasteiger partial charge in [0.1, 0.15) is 0 Å². The molecular weight excluding hydrogens is 579 g/mol. The number of amides is 1. The van der Waals surface area contributed by atoms with E-state index in [4.69, 9.17) is 4.74 Å². The summed E-state index contributed by atoms with van der Waals surface area (Å²) in [6.07, 6.45) is -14.7. The molecule has 0 atom stereocenters. The Kier molecular flexibility index (Phi) is 8.16. The molecule has 0 aliphatic carbocycles. The molecule has 4 rings (SSSR count). The predicted molar refractivity (Wildman–Crippen MR) is 135 cm³/mol. The van der Waals surface area contributed by atoms with Crippen LogP contribution in [0.1, 0.15) is 33.4 Å². The number of ether oxygens (including phenoxy) is 1. The van der Waals surface area contributed by atoms with Gasteiger partial charge < -0.3 is 4.74 Å². The van der Waals surface area contributed by atoms with Gasteiger partial charge in [0.05, 0.1) is 29.3 Å². The van der Waals surface area contributed by atoms with Crippen molar-refractivity contribution in [3.63, 3.8) is 0 Å². The topological polar surface area (TPSA) is 42.4 Å². The molecule has 0 spiro atoms. The van der Waals surface area contributed by atoms with Gasteiger partial charge >= 0.3 is 24.6 Å². The number of aryl methyl sites for hydroxylation is 1. The minimum Gasteiger partial charge on any atom is -0.453 e. The van der Waals surface area contributed by atoms with E-state index in [-0.39, 0.29) is 17.2 Å². The van der Waals surface area contributed by atoms with Crippen LogP contribution in [0.5, 0.6) is 0 Å². The normalized spacial score (nSPS) is 12.5. The van der Waals surface area contributed by atoms with E-state index >= 15 is 0 Å². The number of hydrogen-bond donors (Lipinski definition) is 0. The number of methoxy groups -OCH3 is 1. The summed E-state index contributed by atoms with van der Waals surface area (Å²) in [7, 11) is 0.925. The first-order chi connectivity index (χ1) is 19.5. The highest BCUT2D eigenvalue weighted by molar-refractivity contribution is 5.97. The second-order valence-electron chi connectivity index (χ2n) is 9.44. The number of pyridine rings is 1. The molecule has 0 aliphatic heterocycles. The van der Waals surface area contributed by atoms with Crippen LogP contribution >= 0.6 is 0 Å². The third-order valence-corrected chi connectivity index (χ3v) is 6.51. The second kappa shape index (κ2) is 11.2. The fourth-order valence-electron chi connectivity index (χ4n) is 4.56. The number of rotatable bonds is 5. The predicted octanol–water partition coefficient (Wildman–Crippen LogP) is 9.04. The van der Waals surface area contributed by atoms with Crippen molar-refractivity contribution in [1.29, 1.82) is 0 Å². The van der Waals surface area contributed by atoms with Gasteiger partial charge in [0.2, 0.25) is 0 Å². The molecule has 13 heteroatoms. The van der Waals surface area contributed by atoms with Gasteiger partial charge in [-0.15, -0.1) is 0 Å². The molecule has 222 valence electrons. The first-order valence-electron chi connectivity index (χ1n) is 12.1. The molecule has 0 saturated carbocycles. The molecule has 0 saturated heterocycles. The molecule has 1 aromatic heterocycles. The molecule has 1 amide bonds. The van der Waals surface area contributed by atoms with Gasteiger partial charge in [0, 0.05) is 24.7 Å². The maximum Gasteiger partial charge on any atom is 0.416 e. The fourth-order valence-corrected chi connectivity index (χ4v) is 4.56. The zero-order chi connectivity index (χ0) is 31.0. The molecule has 0 radical (unpaired) electrons. The maximum absolute atomic E-state index is 13.7. The van der Waals surface area contributed by atoms with Crippen LogP contribution in [0.15, 0.2) is 66.9 Å². The lowest BCUT2D eigenvalue weighted by Crippen LogP contribution is -2.30. The van der Waals surface area contributed by atoms with Crippen LogP contribution in [0.4, 0.5) is 44.3 Å². The van der Waals surface area contributed by atoms with Crippen molar-refractivity contribution in [2.75, 3.05) is 7.11 Å². The van der Waals surface area contributed by atoms with E-state index < -0.39 is 60.0 Å². The maximum atomic E-state index is 13.7. The Morgan fingerprint density at radius 2 is 1.36 bits per heavy atom. The summed E-state index contributed by atoms with van der Waals surface area (Å²) in [5, 5.41) is 0.579. The molecule has 0 fully saturated rings. The Labute approximate surface area is 233 Å². The molecular formula is C29H21F9N2O2. The number of hydrogen-bond acceptors (Lipinski definition) is 3. The number of nitrogens with zero attached hydrogens (tertiary/aromatic N) is 2. The van der Waals surface area contributed by atoms with Gasteiger partial charge in [-0.05, 0) is 71.1 Å².